The number of rotatable bonds is 4. The second kappa shape index (κ2) is 8.49. The van der Waals surface area contributed by atoms with Crippen LogP contribution < -0.4 is 10.6 Å². The van der Waals surface area contributed by atoms with E-state index in [2.05, 4.69) is 74.5 Å². The Kier molecular flexibility index (Phi) is 8.16. The summed E-state index contributed by atoms with van der Waals surface area (Å²) in [5.74, 6) is 0.857. The molecule has 20 heavy (non-hydrogen) atoms. The third-order valence-electron chi connectivity index (χ3n) is 3.15. The molecule has 3 nitrogen and oxygen atoms in total. The normalized spacial score (nSPS) is 12.1. The highest BCUT2D eigenvalue weighted by Gasteiger charge is 2.21. The van der Waals surface area contributed by atoms with Gasteiger partial charge in [0, 0.05) is 25.0 Å². The Hall–Kier alpha value is -0.780. The molecular formula is C16H28IN3. The summed E-state index contributed by atoms with van der Waals surface area (Å²) in [4.78, 5) is 4.24. The van der Waals surface area contributed by atoms with Crippen LogP contribution in [-0.2, 0) is 5.41 Å². The molecule has 1 rings (SSSR count). The first-order valence-corrected chi connectivity index (χ1v) is 6.89. The van der Waals surface area contributed by atoms with Crippen LogP contribution >= 0.6 is 24.0 Å². The van der Waals surface area contributed by atoms with Gasteiger partial charge in [-0.15, -0.1) is 24.0 Å². The summed E-state index contributed by atoms with van der Waals surface area (Å²) in [7, 11) is 1.80. The van der Waals surface area contributed by atoms with Gasteiger partial charge in [0.15, 0.2) is 5.96 Å². The molecule has 0 aliphatic rings. The fourth-order valence-corrected chi connectivity index (χ4v) is 1.94. The van der Waals surface area contributed by atoms with Gasteiger partial charge < -0.3 is 10.6 Å². The summed E-state index contributed by atoms with van der Waals surface area (Å²) in [6.07, 6.45) is 0. The number of guanidine groups is 1. The van der Waals surface area contributed by atoms with Gasteiger partial charge in [0.25, 0.3) is 0 Å². The third kappa shape index (κ3) is 6.11. The van der Waals surface area contributed by atoms with E-state index in [4.69, 9.17) is 0 Å². The summed E-state index contributed by atoms with van der Waals surface area (Å²) in [6, 6.07) is 9.07. The topological polar surface area (TPSA) is 36.4 Å². The number of nitrogens with one attached hydrogen (secondary N) is 2. The SMILES string of the molecule is CN=C(NCC(C)(C)c1cccc(C)c1)NC(C)C.I. The summed E-state index contributed by atoms with van der Waals surface area (Å²) >= 11 is 0. The van der Waals surface area contributed by atoms with Crippen molar-refractivity contribution < 1.29 is 0 Å². The standard InChI is InChI=1S/C16H27N3.HI/c1-12(2)19-15(17-6)18-11-16(4,5)14-9-7-8-13(3)10-14;/h7-10,12H,11H2,1-6H3,(H2,17,18,19);1H. The molecule has 0 saturated heterocycles. The van der Waals surface area contributed by atoms with Gasteiger partial charge in [-0.25, -0.2) is 0 Å². The molecule has 4 heteroatoms. The lowest BCUT2D eigenvalue weighted by Gasteiger charge is -2.27. The minimum atomic E-state index is 0. The van der Waals surface area contributed by atoms with E-state index in [-0.39, 0.29) is 29.4 Å². The maximum Gasteiger partial charge on any atom is 0.191 e. The van der Waals surface area contributed by atoms with Crippen LogP contribution in [0.2, 0.25) is 0 Å². The Morgan fingerprint density at radius 2 is 1.95 bits per heavy atom. The van der Waals surface area contributed by atoms with Crippen LogP contribution in [0.15, 0.2) is 29.3 Å². The minimum Gasteiger partial charge on any atom is -0.356 e. The van der Waals surface area contributed by atoms with Crippen molar-refractivity contribution >= 4 is 29.9 Å². The lowest BCUT2D eigenvalue weighted by atomic mass is 9.84. The van der Waals surface area contributed by atoms with E-state index in [9.17, 15) is 0 Å². The zero-order chi connectivity index (χ0) is 14.5. The first kappa shape index (κ1) is 19.2. The van der Waals surface area contributed by atoms with Crippen molar-refractivity contribution in [3.8, 4) is 0 Å². The molecule has 114 valence electrons. The molecule has 1 aromatic rings. The van der Waals surface area contributed by atoms with Gasteiger partial charge in [-0.3, -0.25) is 4.99 Å². The second-order valence-corrected chi connectivity index (χ2v) is 5.98. The lowest BCUT2D eigenvalue weighted by Crippen LogP contribution is -2.45. The number of nitrogens with zero attached hydrogens (tertiary/aromatic N) is 1. The van der Waals surface area contributed by atoms with Crippen molar-refractivity contribution in [1.82, 2.24) is 10.6 Å². The summed E-state index contributed by atoms with van der Waals surface area (Å²) in [6.45, 7) is 11.7. The first-order valence-electron chi connectivity index (χ1n) is 6.89. The van der Waals surface area contributed by atoms with Crippen LogP contribution in [0.4, 0.5) is 0 Å². The molecule has 0 radical (unpaired) electrons. The molecular weight excluding hydrogens is 361 g/mol. The van der Waals surface area contributed by atoms with Crippen molar-refractivity contribution in [2.24, 2.45) is 4.99 Å². The summed E-state index contributed by atoms with van der Waals surface area (Å²) in [5.41, 5.74) is 2.72. The molecule has 0 aliphatic carbocycles. The molecule has 0 saturated carbocycles. The summed E-state index contributed by atoms with van der Waals surface area (Å²) in [5, 5.41) is 6.70. The second-order valence-electron chi connectivity index (χ2n) is 5.98. The van der Waals surface area contributed by atoms with Crippen molar-refractivity contribution in [2.45, 2.75) is 46.1 Å². The zero-order valence-electron chi connectivity index (χ0n) is 13.4. The van der Waals surface area contributed by atoms with E-state index in [1.54, 1.807) is 7.05 Å². The van der Waals surface area contributed by atoms with Crippen LogP contribution in [0, 0.1) is 6.92 Å². The fourth-order valence-electron chi connectivity index (χ4n) is 1.94. The van der Waals surface area contributed by atoms with Gasteiger partial charge in [0.2, 0.25) is 0 Å². The van der Waals surface area contributed by atoms with Gasteiger partial charge in [-0.1, -0.05) is 43.7 Å². The number of hydrogen-bond acceptors (Lipinski definition) is 1. The van der Waals surface area contributed by atoms with Crippen LogP contribution in [0.1, 0.15) is 38.8 Å². The predicted octanol–water partition coefficient (Wildman–Crippen LogP) is 3.46. The van der Waals surface area contributed by atoms with Crippen LogP contribution in [0.3, 0.4) is 0 Å². The zero-order valence-corrected chi connectivity index (χ0v) is 15.8. The number of aryl methyl sites for hydroxylation is 1. The maximum absolute atomic E-state index is 4.24. The first-order chi connectivity index (χ1) is 8.85. The number of aliphatic imine (C=N–C) groups is 1. The monoisotopic (exact) mass is 389 g/mol. The smallest absolute Gasteiger partial charge is 0.191 e. The van der Waals surface area contributed by atoms with Gasteiger partial charge in [0.05, 0.1) is 0 Å². The average Bonchev–Trinajstić information content (AvgIpc) is 2.34. The van der Waals surface area contributed by atoms with Crippen LogP contribution in [0.5, 0.6) is 0 Å². The lowest BCUT2D eigenvalue weighted by molar-refractivity contribution is 0.506. The van der Waals surface area contributed by atoms with Crippen molar-refractivity contribution in [1.29, 1.82) is 0 Å². The highest BCUT2D eigenvalue weighted by atomic mass is 127. The number of benzene rings is 1. The van der Waals surface area contributed by atoms with E-state index in [0.717, 1.165) is 12.5 Å². The molecule has 0 atom stereocenters. The fraction of sp³-hybridized carbons (Fsp3) is 0.562. The number of hydrogen-bond donors (Lipinski definition) is 2. The average molecular weight is 389 g/mol. The highest BCUT2D eigenvalue weighted by molar-refractivity contribution is 14.0. The van der Waals surface area contributed by atoms with Crippen molar-refractivity contribution in [3.05, 3.63) is 35.4 Å². The van der Waals surface area contributed by atoms with E-state index >= 15 is 0 Å². The Morgan fingerprint density at radius 1 is 1.30 bits per heavy atom. The molecule has 0 bridgehead atoms. The summed E-state index contributed by atoms with van der Waals surface area (Å²) < 4.78 is 0. The molecule has 0 spiro atoms. The van der Waals surface area contributed by atoms with E-state index < -0.39 is 0 Å². The Labute approximate surface area is 140 Å². The Balaban J connectivity index is 0.00000361. The Bertz CT molecular complexity index is 439. The molecule has 0 unspecified atom stereocenters. The minimum absolute atomic E-state index is 0. The van der Waals surface area contributed by atoms with E-state index in [1.807, 2.05) is 0 Å². The van der Waals surface area contributed by atoms with Gasteiger partial charge in [-0.05, 0) is 26.3 Å². The van der Waals surface area contributed by atoms with Crippen molar-refractivity contribution in [3.63, 3.8) is 0 Å². The molecule has 0 aromatic heterocycles. The molecule has 0 amide bonds. The third-order valence-corrected chi connectivity index (χ3v) is 3.15. The van der Waals surface area contributed by atoms with E-state index in [0.29, 0.717) is 6.04 Å². The molecule has 0 aliphatic heterocycles. The van der Waals surface area contributed by atoms with Crippen LogP contribution in [0.25, 0.3) is 0 Å². The van der Waals surface area contributed by atoms with E-state index in [1.165, 1.54) is 11.1 Å². The predicted molar refractivity (Wildman–Crippen MR) is 99.3 cm³/mol. The van der Waals surface area contributed by atoms with Crippen LogP contribution in [-0.4, -0.2) is 25.6 Å². The number of halogens is 1. The van der Waals surface area contributed by atoms with Gasteiger partial charge in [-0.2, -0.15) is 0 Å². The molecule has 0 heterocycles. The maximum atomic E-state index is 4.24. The van der Waals surface area contributed by atoms with Gasteiger partial charge >= 0.3 is 0 Å². The quantitative estimate of drug-likeness (QED) is 0.470. The Morgan fingerprint density at radius 3 is 2.45 bits per heavy atom. The molecule has 1 aromatic carbocycles. The molecule has 2 N–H and O–H groups in total. The molecule has 0 fully saturated rings. The van der Waals surface area contributed by atoms with Gasteiger partial charge in [0.1, 0.15) is 0 Å². The largest absolute Gasteiger partial charge is 0.356 e. The highest BCUT2D eigenvalue weighted by Crippen LogP contribution is 2.22. The van der Waals surface area contributed by atoms with Crippen molar-refractivity contribution in [2.75, 3.05) is 13.6 Å².